The van der Waals surface area contributed by atoms with Crippen molar-refractivity contribution in [2.75, 3.05) is 12.5 Å². The van der Waals surface area contributed by atoms with Crippen LogP contribution in [0.2, 0.25) is 0 Å². The van der Waals surface area contributed by atoms with E-state index in [0.29, 0.717) is 0 Å². The van der Waals surface area contributed by atoms with Crippen molar-refractivity contribution in [3.63, 3.8) is 0 Å². The molecule has 0 bridgehead atoms. The molecule has 0 N–H and O–H groups in total. The molecule has 136 valence electrons. The van der Waals surface area contributed by atoms with Crippen LogP contribution in [0.5, 0.6) is 0 Å². The van der Waals surface area contributed by atoms with Crippen LogP contribution in [0.15, 0.2) is 79.3 Å². The lowest BCUT2D eigenvalue weighted by molar-refractivity contribution is 0.668. The van der Waals surface area contributed by atoms with E-state index in [0.717, 1.165) is 54.6 Å². The highest BCUT2D eigenvalue weighted by atomic mass is 32.2. The van der Waals surface area contributed by atoms with Gasteiger partial charge in [0.05, 0.1) is 0 Å². The summed E-state index contributed by atoms with van der Waals surface area (Å²) in [5.41, 5.74) is 3.73. The topological polar surface area (TPSA) is 26.3 Å². The molecule has 0 aliphatic heterocycles. The lowest BCUT2D eigenvalue weighted by Crippen LogP contribution is -1.75. The summed E-state index contributed by atoms with van der Waals surface area (Å²) in [5, 5.41) is 6.80. The molecule has 2 heterocycles. The smallest absolute Gasteiger partial charge is 0.143 e. The second-order valence-electron chi connectivity index (χ2n) is 6.91. The number of thioether (sulfide) groups is 2. The maximum Gasteiger partial charge on any atom is 0.143 e. The molecule has 0 atom stereocenters. The Morgan fingerprint density at radius 1 is 0.500 bits per heavy atom. The van der Waals surface area contributed by atoms with Crippen LogP contribution < -0.4 is 0 Å². The SMILES string of the molecule is CSc1ccc2c(c1)oc1c2ccc2c1ccc1c3ccc(SC)cc3oc12. The first-order valence-electron chi connectivity index (χ1n) is 9.09. The van der Waals surface area contributed by atoms with Crippen LogP contribution in [0.1, 0.15) is 0 Å². The van der Waals surface area contributed by atoms with Crippen molar-refractivity contribution in [1.29, 1.82) is 0 Å². The van der Waals surface area contributed by atoms with Crippen molar-refractivity contribution in [3.05, 3.63) is 60.7 Å². The zero-order chi connectivity index (χ0) is 18.8. The molecule has 0 radical (unpaired) electrons. The molecule has 0 saturated heterocycles. The van der Waals surface area contributed by atoms with Crippen molar-refractivity contribution in [3.8, 4) is 0 Å². The van der Waals surface area contributed by atoms with Crippen molar-refractivity contribution in [2.45, 2.75) is 9.79 Å². The number of furan rings is 2. The summed E-state index contributed by atoms with van der Waals surface area (Å²) in [4.78, 5) is 2.42. The van der Waals surface area contributed by atoms with Gasteiger partial charge < -0.3 is 8.83 Å². The highest BCUT2D eigenvalue weighted by Gasteiger charge is 2.15. The van der Waals surface area contributed by atoms with Gasteiger partial charge in [0.15, 0.2) is 0 Å². The Hall–Kier alpha value is -2.56. The van der Waals surface area contributed by atoms with E-state index in [1.807, 2.05) is 0 Å². The molecule has 2 aromatic heterocycles. The van der Waals surface area contributed by atoms with E-state index in [4.69, 9.17) is 8.83 Å². The Bertz CT molecular complexity index is 1420. The summed E-state index contributed by atoms with van der Waals surface area (Å²) in [6.45, 7) is 0. The molecule has 0 unspecified atom stereocenters. The first kappa shape index (κ1) is 16.4. The average Bonchev–Trinajstić information content (AvgIpc) is 3.30. The van der Waals surface area contributed by atoms with Gasteiger partial charge >= 0.3 is 0 Å². The first-order chi connectivity index (χ1) is 13.8. The fraction of sp³-hybridized carbons (Fsp3) is 0.0833. The summed E-state index contributed by atoms with van der Waals surface area (Å²) in [6.07, 6.45) is 4.17. The lowest BCUT2D eigenvalue weighted by atomic mass is 10.0. The van der Waals surface area contributed by atoms with Crippen LogP contribution in [0.25, 0.3) is 54.6 Å². The molecule has 0 spiro atoms. The van der Waals surface area contributed by atoms with E-state index in [-0.39, 0.29) is 0 Å². The normalized spacial score (nSPS) is 12.2. The molecule has 2 nitrogen and oxygen atoms in total. The van der Waals surface area contributed by atoms with E-state index in [9.17, 15) is 0 Å². The molecule has 28 heavy (non-hydrogen) atoms. The van der Waals surface area contributed by atoms with E-state index >= 15 is 0 Å². The number of fused-ring (bicyclic) bond motifs is 9. The Morgan fingerprint density at radius 2 is 0.857 bits per heavy atom. The minimum atomic E-state index is 0.929. The molecule has 6 aromatic rings. The van der Waals surface area contributed by atoms with E-state index in [2.05, 4.69) is 73.2 Å². The van der Waals surface area contributed by atoms with Gasteiger partial charge in [-0.2, -0.15) is 0 Å². The Morgan fingerprint density at radius 3 is 1.25 bits per heavy atom. The largest absolute Gasteiger partial charge is 0.455 e. The van der Waals surface area contributed by atoms with Crippen LogP contribution in [-0.2, 0) is 0 Å². The highest BCUT2D eigenvalue weighted by Crippen LogP contribution is 2.40. The molecule has 0 amide bonds. The minimum absolute atomic E-state index is 0.929. The van der Waals surface area contributed by atoms with Gasteiger partial charge in [-0.1, -0.05) is 0 Å². The first-order valence-corrected chi connectivity index (χ1v) is 11.5. The fourth-order valence-electron chi connectivity index (χ4n) is 4.09. The Kier molecular flexibility index (Phi) is 3.49. The maximum atomic E-state index is 6.31. The van der Waals surface area contributed by atoms with Gasteiger partial charge in [-0.15, -0.1) is 23.5 Å². The van der Waals surface area contributed by atoms with Crippen LogP contribution >= 0.6 is 23.5 Å². The number of benzene rings is 4. The number of hydrogen-bond acceptors (Lipinski definition) is 4. The third kappa shape index (κ3) is 2.19. The van der Waals surface area contributed by atoms with Gasteiger partial charge in [0.2, 0.25) is 0 Å². The summed E-state index contributed by atoms with van der Waals surface area (Å²) < 4.78 is 12.6. The number of hydrogen-bond donors (Lipinski definition) is 0. The van der Waals surface area contributed by atoms with Crippen molar-refractivity contribution < 1.29 is 8.83 Å². The zero-order valence-electron chi connectivity index (χ0n) is 15.4. The third-order valence-electron chi connectivity index (χ3n) is 5.48. The van der Waals surface area contributed by atoms with Crippen molar-refractivity contribution in [1.82, 2.24) is 0 Å². The molecule has 6 rings (SSSR count). The van der Waals surface area contributed by atoms with Crippen LogP contribution in [0, 0.1) is 0 Å². The van der Waals surface area contributed by atoms with Gasteiger partial charge in [-0.05, 0) is 73.2 Å². The average molecular weight is 401 g/mol. The minimum Gasteiger partial charge on any atom is -0.455 e. The van der Waals surface area contributed by atoms with Gasteiger partial charge in [-0.25, -0.2) is 0 Å². The lowest BCUT2D eigenvalue weighted by Gasteiger charge is -2.00. The van der Waals surface area contributed by atoms with Crippen LogP contribution in [-0.4, -0.2) is 12.5 Å². The molecular formula is C24H16O2S2. The number of rotatable bonds is 2. The monoisotopic (exact) mass is 400 g/mol. The second-order valence-corrected chi connectivity index (χ2v) is 8.67. The Labute approximate surface area is 169 Å². The molecule has 4 aromatic carbocycles. The molecule has 0 aliphatic carbocycles. The molecular weight excluding hydrogens is 384 g/mol. The molecule has 0 aliphatic rings. The predicted molar refractivity (Wildman–Crippen MR) is 122 cm³/mol. The van der Waals surface area contributed by atoms with Crippen molar-refractivity contribution >= 4 is 78.2 Å². The second kappa shape index (κ2) is 5.97. The zero-order valence-corrected chi connectivity index (χ0v) is 17.0. The Balaban J connectivity index is 1.72. The van der Waals surface area contributed by atoms with E-state index < -0.39 is 0 Å². The van der Waals surface area contributed by atoms with Crippen LogP contribution in [0.4, 0.5) is 0 Å². The summed E-state index contributed by atoms with van der Waals surface area (Å²) in [5.74, 6) is 0. The highest BCUT2D eigenvalue weighted by molar-refractivity contribution is 7.98. The maximum absolute atomic E-state index is 6.31. The van der Waals surface area contributed by atoms with Crippen molar-refractivity contribution in [2.24, 2.45) is 0 Å². The summed E-state index contributed by atoms with van der Waals surface area (Å²) in [6, 6.07) is 21.5. The van der Waals surface area contributed by atoms with Gasteiger partial charge in [0.1, 0.15) is 22.3 Å². The quantitative estimate of drug-likeness (QED) is 0.274. The standard InChI is InChI=1S/C24H16O2S2/c1-27-13-3-5-15-17-7-9-20-19(23(17)25-21(15)11-13)10-8-18-16-6-4-14(28-2)12-22(16)26-24(18)20/h3-12H,1-2H3. The summed E-state index contributed by atoms with van der Waals surface area (Å²) in [7, 11) is 0. The van der Waals surface area contributed by atoms with Crippen LogP contribution in [0.3, 0.4) is 0 Å². The third-order valence-corrected chi connectivity index (χ3v) is 6.93. The molecule has 0 saturated carbocycles. The summed E-state index contributed by atoms with van der Waals surface area (Å²) >= 11 is 3.46. The van der Waals surface area contributed by atoms with Gasteiger partial charge in [0.25, 0.3) is 0 Å². The fourth-order valence-corrected chi connectivity index (χ4v) is 4.95. The molecule has 4 heteroatoms. The van der Waals surface area contributed by atoms with E-state index in [1.54, 1.807) is 23.5 Å². The van der Waals surface area contributed by atoms with Gasteiger partial charge in [0, 0.05) is 42.1 Å². The van der Waals surface area contributed by atoms with E-state index in [1.165, 1.54) is 9.79 Å². The van der Waals surface area contributed by atoms with Gasteiger partial charge in [-0.3, -0.25) is 0 Å². The predicted octanol–water partition coefficient (Wildman–Crippen LogP) is 8.08. The molecule has 0 fully saturated rings.